The quantitative estimate of drug-likeness (QED) is 0.501. The van der Waals surface area contributed by atoms with Gasteiger partial charge in [0.2, 0.25) is 5.88 Å². The Morgan fingerprint density at radius 2 is 2.24 bits per heavy atom. The molecule has 1 saturated heterocycles. The third-order valence-electron chi connectivity index (χ3n) is 4.56. The summed E-state index contributed by atoms with van der Waals surface area (Å²) in [7, 11) is 0. The van der Waals surface area contributed by atoms with Crippen LogP contribution >= 0.6 is 11.7 Å². The topological polar surface area (TPSA) is 82.4 Å². The van der Waals surface area contributed by atoms with Crippen molar-refractivity contribution in [1.82, 2.24) is 18.3 Å². The van der Waals surface area contributed by atoms with E-state index in [2.05, 4.69) is 13.7 Å². The minimum atomic E-state index is -0.543. The lowest BCUT2D eigenvalue weighted by Crippen LogP contribution is -2.26. The van der Waals surface area contributed by atoms with Gasteiger partial charge < -0.3 is 14.0 Å². The zero-order chi connectivity index (χ0) is 19.8. The van der Waals surface area contributed by atoms with Crippen molar-refractivity contribution in [2.24, 2.45) is 0 Å². The van der Waals surface area contributed by atoms with Crippen LogP contribution in [0.3, 0.4) is 0 Å². The van der Waals surface area contributed by atoms with Crippen LogP contribution in [0.2, 0.25) is 0 Å². The summed E-state index contributed by atoms with van der Waals surface area (Å²) in [4.78, 5) is 17.9. The van der Waals surface area contributed by atoms with Crippen LogP contribution in [-0.4, -0.2) is 43.6 Å². The van der Waals surface area contributed by atoms with Gasteiger partial charge in [-0.3, -0.25) is 9.88 Å². The van der Waals surface area contributed by atoms with E-state index in [-0.39, 0.29) is 13.2 Å². The lowest BCUT2D eigenvalue weighted by Gasteiger charge is -2.14. The summed E-state index contributed by atoms with van der Waals surface area (Å²) in [5, 5.41) is 0.914. The van der Waals surface area contributed by atoms with Crippen LogP contribution in [0.4, 0.5) is 14.9 Å². The SMILES string of the molecule is O=C1O[C@@H](COc2cnsn2)CN1c1ccc(-n2cc3cccnc3c2)c(F)c1. The Morgan fingerprint density at radius 3 is 3.03 bits per heavy atom. The monoisotopic (exact) mass is 411 g/mol. The van der Waals surface area contributed by atoms with Crippen LogP contribution in [0.15, 0.2) is 55.1 Å². The highest BCUT2D eigenvalue weighted by atomic mass is 32.1. The molecule has 5 rings (SSSR count). The second-order valence-corrected chi connectivity index (χ2v) is 7.01. The first-order valence-electron chi connectivity index (χ1n) is 8.78. The predicted molar refractivity (Wildman–Crippen MR) is 104 cm³/mol. The number of benzene rings is 1. The number of anilines is 1. The van der Waals surface area contributed by atoms with Gasteiger partial charge in [0.25, 0.3) is 0 Å². The molecule has 3 aromatic heterocycles. The largest absolute Gasteiger partial charge is 0.472 e. The van der Waals surface area contributed by atoms with Gasteiger partial charge in [0.1, 0.15) is 18.6 Å². The predicted octanol–water partition coefficient (Wildman–Crippen LogP) is 3.42. The molecule has 29 heavy (non-hydrogen) atoms. The Morgan fingerprint density at radius 1 is 1.31 bits per heavy atom. The minimum Gasteiger partial charge on any atom is -0.472 e. The number of halogens is 1. The molecule has 0 N–H and O–H groups in total. The summed E-state index contributed by atoms with van der Waals surface area (Å²) in [6.07, 6.45) is 5.73. The Bertz CT molecular complexity index is 1150. The molecule has 1 aliphatic rings. The van der Waals surface area contributed by atoms with Gasteiger partial charge in [-0.1, -0.05) is 0 Å². The molecule has 0 spiro atoms. The average Bonchev–Trinajstić information content (AvgIpc) is 3.45. The van der Waals surface area contributed by atoms with E-state index >= 15 is 0 Å². The maximum Gasteiger partial charge on any atom is 0.414 e. The number of rotatable bonds is 5. The Labute approximate surface area is 168 Å². The molecule has 1 aliphatic heterocycles. The third kappa shape index (κ3) is 3.38. The van der Waals surface area contributed by atoms with Crippen LogP contribution in [0.25, 0.3) is 16.6 Å². The third-order valence-corrected chi connectivity index (χ3v) is 5.03. The normalized spacial score (nSPS) is 16.4. The number of hydrogen-bond donors (Lipinski definition) is 0. The molecule has 1 fully saturated rings. The van der Waals surface area contributed by atoms with E-state index in [1.54, 1.807) is 29.1 Å². The summed E-state index contributed by atoms with van der Waals surface area (Å²) >= 11 is 1.03. The molecule has 0 aliphatic carbocycles. The summed E-state index contributed by atoms with van der Waals surface area (Å²) in [6, 6.07) is 8.38. The fourth-order valence-electron chi connectivity index (χ4n) is 3.20. The van der Waals surface area contributed by atoms with Crippen molar-refractivity contribution >= 4 is 34.4 Å². The van der Waals surface area contributed by atoms with E-state index in [0.29, 0.717) is 17.3 Å². The second kappa shape index (κ2) is 7.13. The number of carbonyl (C=O) groups excluding carboxylic acids is 1. The molecule has 4 aromatic rings. The highest BCUT2D eigenvalue weighted by Gasteiger charge is 2.33. The molecule has 8 nitrogen and oxygen atoms in total. The molecule has 0 radical (unpaired) electrons. The van der Waals surface area contributed by atoms with E-state index in [0.717, 1.165) is 22.6 Å². The molecule has 146 valence electrons. The number of cyclic esters (lactones) is 1. The van der Waals surface area contributed by atoms with Gasteiger partial charge in [-0.15, -0.1) is 4.37 Å². The fourth-order valence-corrected chi connectivity index (χ4v) is 3.56. The van der Waals surface area contributed by atoms with Gasteiger partial charge in [0.05, 0.1) is 35.2 Å². The lowest BCUT2D eigenvalue weighted by atomic mass is 10.2. The van der Waals surface area contributed by atoms with Crippen molar-refractivity contribution in [2.45, 2.75) is 6.10 Å². The average molecular weight is 411 g/mol. The molecule has 0 unspecified atom stereocenters. The molecular formula is C19H14FN5O3S. The zero-order valence-electron chi connectivity index (χ0n) is 14.9. The highest BCUT2D eigenvalue weighted by molar-refractivity contribution is 6.99. The summed E-state index contributed by atoms with van der Waals surface area (Å²) in [6.45, 7) is 0.406. The number of fused-ring (bicyclic) bond motifs is 1. The van der Waals surface area contributed by atoms with Gasteiger partial charge in [-0.2, -0.15) is 4.37 Å². The molecule has 10 heteroatoms. The number of amides is 1. The Hall–Kier alpha value is -3.53. The summed E-state index contributed by atoms with van der Waals surface area (Å²) in [5.74, 6) is -0.0719. The number of carbonyl (C=O) groups is 1. The van der Waals surface area contributed by atoms with Gasteiger partial charge in [-0.05, 0) is 30.3 Å². The van der Waals surface area contributed by atoms with Crippen molar-refractivity contribution in [1.29, 1.82) is 0 Å². The second-order valence-electron chi connectivity index (χ2n) is 6.45. The van der Waals surface area contributed by atoms with Gasteiger partial charge in [-0.25, -0.2) is 9.18 Å². The number of aromatic nitrogens is 4. The molecular weight excluding hydrogens is 397 g/mol. The first-order chi connectivity index (χ1) is 14.2. The first kappa shape index (κ1) is 17.6. The van der Waals surface area contributed by atoms with Gasteiger partial charge >= 0.3 is 6.09 Å². The standard InChI is InChI=1S/C19H14FN5O3S/c20-15-6-13(3-4-17(15)24-8-12-2-1-5-21-16(12)10-24)25-9-14(28-19(25)26)11-27-18-7-22-29-23-18/h1-8,10,14H,9,11H2/t14-/m1/s1. The van der Waals surface area contributed by atoms with Crippen molar-refractivity contribution in [3.05, 3.63) is 60.9 Å². The van der Waals surface area contributed by atoms with Crippen molar-refractivity contribution in [3.63, 3.8) is 0 Å². The molecule has 0 saturated carbocycles. The van der Waals surface area contributed by atoms with Crippen LogP contribution in [-0.2, 0) is 4.74 Å². The van der Waals surface area contributed by atoms with Crippen LogP contribution in [0, 0.1) is 5.82 Å². The van der Waals surface area contributed by atoms with E-state index in [9.17, 15) is 9.18 Å². The van der Waals surface area contributed by atoms with Crippen LogP contribution < -0.4 is 9.64 Å². The van der Waals surface area contributed by atoms with Crippen molar-refractivity contribution in [3.8, 4) is 11.6 Å². The molecule has 0 bridgehead atoms. The maximum absolute atomic E-state index is 14.8. The van der Waals surface area contributed by atoms with Gasteiger partial charge in [0, 0.05) is 24.0 Å². The van der Waals surface area contributed by atoms with Crippen molar-refractivity contribution in [2.75, 3.05) is 18.1 Å². The number of nitrogens with zero attached hydrogens (tertiary/aromatic N) is 5. The number of ether oxygens (including phenoxy) is 2. The Kier molecular flexibility index (Phi) is 4.32. The van der Waals surface area contributed by atoms with Crippen molar-refractivity contribution < 1.29 is 18.7 Å². The molecule has 1 amide bonds. The lowest BCUT2D eigenvalue weighted by molar-refractivity contribution is 0.103. The highest BCUT2D eigenvalue weighted by Crippen LogP contribution is 2.27. The maximum atomic E-state index is 14.8. The van der Waals surface area contributed by atoms with Gasteiger partial charge in [0.15, 0.2) is 6.10 Å². The van der Waals surface area contributed by atoms with E-state index in [1.165, 1.54) is 17.2 Å². The van der Waals surface area contributed by atoms with E-state index < -0.39 is 18.0 Å². The zero-order valence-corrected chi connectivity index (χ0v) is 15.8. The molecule has 4 heterocycles. The fraction of sp³-hybridized carbons (Fsp3) is 0.158. The van der Waals surface area contributed by atoms with E-state index in [4.69, 9.17) is 9.47 Å². The number of pyridine rings is 1. The van der Waals surface area contributed by atoms with Crippen LogP contribution in [0.5, 0.6) is 5.88 Å². The molecule has 1 aromatic carbocycles. The van der Waals surface area contributed by atoms with Crippen LogP contribution in [0.1, 0.15) is 0 Å². The summed E-state index contributed by atoms with van der Waals surface area (Å²) in [5.41, 5.74) is 1.57. The summed E-state index contributed by atoms with van der Waals surface area (Å²) < 4.78 is 35.0. The first-order valence-corrected chi connectivity index (χ1v) is 9.51. The number of hydrogen-bond acceptors (Lipinski definition) is 7. The molecule has 1 atom stereocenters. The minimum absolute atomic E-state index is 0.150. The van der Waals surface area contributed by atoms with E-state index in [1.807, 2.05) is 18.3 Å². The Balaban J connectivity index is 1.33. The smallest absolute Gasteiger partial charge is 0.414 e.